The zero-order chi connectivity index (χ0) is 18.1. The third-order valence-corrected chi connectivity index (χ3v) is 5.25. The minimum atomic E-state index is 0.180. The molecule has 0 aliphatic rings. The molecule has 2 heterocycles. The zero-order valence-electron chi connectivity index (χ0n) is 15.7. The molecule has 0 saturated carbocycles. The van der Waals surface area contributed by atoms with Crippen molar-refractivity contribution in [3.05, 3.63) is 41.2 Å². The lowest BCUT2D eigenvalue weighted by molar-refractivity contribution is -0.131. The van der Waals surface area contributed by atoms with E-state index in [4.69, 9.17) is 4.98 Å². The summed E-state index contributed by atoms with van der Waals surface area (Å²) < 4.78 is 1.91. The van der Waals surface area contributed by atoms with E-state index in [1.807, 2.05) is 47.7 Å². The molecule has 5 nitrogen and oxygen atoms in total. The predicted octanol–water partition coefficient (Wildman–Crippen LogP) is 3.69. The molecule has 0 aliphatic heterocycles. The Morgan fingerprint density at radius 3 is 2.72 bits per heavy atom. The van der Waals surface area contributed by atoms with Gasteiger partial charge in [-0.25, -0.2) is 9.50 Å². The lowest BCUT2D eigenvalue weighted by atomic mass is 10.1. The molecule has 0 bridgehead atoms. The van der Waals surface area contributed by atoms with Crippen LogP contribution in [0, 0.1) is 13.8 Å². The van der Waals surface area contributed by atoms with Gasteiger partial charge in [-0.3, -0.25) is 4.79 Å². The standard InChI is InChI=1S/C20H26N4O/c1-6-13(2)23(5)19(25)12-11-16-14(3)21-20-17-9-7-8-10-18(17)22-24(20)15(16)4/h7-10,13H,6,11-12H2,1-5H3. The second kappa shape index (κ2) is 6.82. The largest absolute Gasteiger partial charge is 0.343 e. The highest BCUT2D eigenvalue weighted by Gasteiger charge is 2.17. The van der Waals surface area contributed by atoms with E-state index in [2.05, 4.69) is 25.9 Å². The molecule has 2 aromatic heterocycles. The van der Waals surface area contributed by atoms with Crippen molar-refractivity contribution < 1.29 is 4.79 Å². The number of fused-ring (bicyclic) bond motifs is 3. The summed E-state index contributed by atoms with van der Waals surface area (Å²) in [4.78, 5) is 19.0. The number of hydrogen-bond donors (Lipinski definition) is 0. The van der Waals surface area contributed by atoms with Crippen LogP contribution in [0.1, 0.15) is 43.6 Å². The molecular weight excluding hydrogens is 312 g/mol. The maximum atomic E-state index is 12.4. The van der Waals surface area contributed by atoms with Crippen molar-refractivity contribution in [2.24, 2.45) is 0 Å². The van der Waals surface area contributed by atoms with Crippen molar-refractivity contribution in [2.75, 3.05) is 7.05 Å². The molecule has 1 atom stereocenters. The summed E-state index contributed by atoms with van der Waals surface area (Å²) in [6, 6.07) is 8.32. The number of aryl methyl sites for hydroxylation is 2. The van der Waals surface area contributed by atoms with E-state index in [1.54, 1.807) is 0 Å². The van der Waals surface area contributed by atoms with E-state index in [0.717, 1.165) is 39.9 Å². The summed E-state index contributed by atoms with van der Waals surface area (Å²) in [5, 5.41) is 5.74. The SMILES string of the molecule is CCC(C)N(C)C(=O)CCc1c(C)nc2c3ccccc3nn2c1C. The van der Waals surface area contributed by atoms with Crippen LogP contribution in [-0.2, 0) is 11.2 Å². The Morgan fingerprint density at radius 1 is 1.28 bits per heavy atom. The maximum Gasteiger partial charge on any atom is 0.222 e. The van der Waals surface area contributed by atoms with Crippen LogP contribution in [0.3, 0.4) is 0 Å². The fourth-order valence-electron chi connectivity index (χ4n) is 3.27. The van der Waals surface area contributed by atoms with Crippen molar-refractivity contribution in [1.82, 2.24) is 19.5 Å². The van der Waals surface area contributed by atoms with Crippen molar-refractivity contribution in [2.45, 2.75) is 53.0 Å². The second-order valence-corrected chi connectivity index (χ2v) is 6.78. The van der Waals surface area contributed by atoms with Crippen LogP contribution < -0.4 is 0 Å². The molecule has 1 aromatic carbocycles. The van der Waals surface area contributed by atoms with Gasteiger partial charge < -0.3 is 4.90 Å². The fraction of sp³-hybridized carbons (Fsp3) is 0.450. The van der Waals surface area contributed by atoms with E-state index >= 15 is 0 Å². The van der Waals surface area contributed by atoms with E-state index in [9.17, 15) is 4.79 Å². The average molecular weight is 338 g/mol. The Balaban J connectivity index is 1.92. The molecule has 0 fully saturated rings. The molecule has 132 valence electrons. The minimum absolute atomic E-state index is 0.180. The molecule has 3 rings (SSSR count). The predicted molar refractivity (Wildman–Crippen MR) is 101 cm³/mol. The molecule has 0 radical (unpaired) electrons. The number of benzene rings is 1. The Kier molecular flexibility index (Phi) is 4.75. The van der Waals surface area contributed by atoms with Crippen LogP contribution in [0.2, 0.25) is 0 Å². The summed E-state index contributed by atoms with van der Waals surface area (Å²) in [6.07, 6.45) is 2.15. The van der Waals surface area contributed by atoms with E-state index in [1.165, 1.54) is 0 Å². The average Bonchev–Trinajstić information content (AvgIpc) is 2.99. The molecule has 1 amide bonds. The number of hydrogen-bond acceptors (Lipinski definition) is 3. The molecule has 25 heavy (non-hydrogen) atoms. The summed E-state index contributed by atoms with van der Waals surface area (Å²) in [6.45, 7) is 8.26. The molecule has 1 unspecified atom stereocenters. The molecular formula is C20H26N4O. The van der Waals surface area contributed by atoms with Gasteiger partial charge in [0.05, 0.1) is 5.52 Å². The summed E-state index contributed by atoms with van der Waals surface area (Å²) >= 11 is 0. The van der Waals surface area contributed by atoms with Gasteiger partial charge in [-0.2, -0.15) is 5.10 Å². The first-order chi connectivity index (χ1) is 11.9. The first kappa shape index (κ1) is 17.4. The Morgan fingerprint density at radius 2 is 2.00 bits per heavy atom. The van der Waals surface area contributed by atoms with Crippen LogP contribution in [-0.4, -0.2) is 38.5 Å². The highest BCUT2D eigenvalue weighted by Crippen LogP contribution is 2.23. The van der Waals surface area contributed by atoms with Crippen LogP contribution in [0.15, 0.2) is 24.3 Å². The second-order valence-electron chi connectivity index (χ2n) is 6.78. The Bertz CT molecular complexity index is 928. The topological polar surface area (TPSA) is 50.5 Å². The van der Waals surface area contributed by atoms with Crippen molar-refractivity contribution in [3.63, 3.8) is 0 Å². The van der Waals surface area contributed by atoms with Gasteiger partial charge in [-0.1, -0.05) is 19.1 Å². The fourth-order valence-corrected chi connectivity index (χ4v) is 3.27. The van der Waals surface area contributed by atoms with Gasteiger partial charge in [-0.05, 0) is 51.3 Å². The van der Waals surface area contributed by atoms with Crippen molar-refractivity contribution in [1.29, 1.82) is 0 Å². The lowest BCUT2D eigenvalue weighted by Gasteiger charge is -2.24. The summed E-state index contributed by atoms with van der Waals surface area (Å²) in [7, 11) is 1.89. The van der Waals surface area contributed by atoms with Crippen LogP contribution >= 0.6 is 0 Å². The molecule has 0 aliphatic carbocycles. The molecule has 0 N–H and O–H groups in total. The molecule has 3 aromatic rings. The monoisotopic (exact) mass is 338 g/mol. The molecule has 0 saturated heterocycles. The van der Waals surface area contributed by atoms with E-state index in [0.29, 0.717) is 12.8 Å². The Labute approximate surface area is 148 Å². The number of rotatable bonds is 5. The van der Waals surface area contributed by atoms with Gasteiger partial charge in [0.2, 0.25) is 5.91 Å². The number of carbonyl (C=O) groups excluding carboxylic acids is 1. The third-order valence-electron chi connectivity index (χ3n) is 5.25. The molecule has 0 spiro atoms. The van der Waals surface area contributed by atoms with Gasteiger partial charge in [0.15, 0.2) is 5.65 Å². The quantitative estimate of drug-likeness (QED) is 0.713. The smallest absolute Gasteiger partial charge is 0.222 e. The lowest BCUT2D eigenvalue weighted by Crippen LogP contribution is -2.34. The first-order valence-corrected chi connectivity index (χ1v) is 8.93. The number of amides is 1. The highest BCUT2D eigenvalue weighted by atomic mass is 16.2. The van der Waals surface area contributed by atoms with Gasteiger partial charge in [0.25, 0.3) is 0 Å². The van der Waals surface area contributed by atoms with E-state index in [-0.39, 0.29) is 11.9 Å². The summed E-state index contributed by atoms with van der Waals surface area (Å²) in [5.74, 6) is 0.180. The van der Waals surface area contributed by atoms with Crippen LogP contribution in [0.25, 0.3) is 16.6 Å². The minimum Gasteiger partial charge on any atom is -0.343 e. The van der Waals surface area contributed by atoms with Crippen LogP contribution in [0.5, 0.6) is 0 Å². The van der Waals surface area contributed by atoms with Gasteiger partial charge >= 0.3 is 0 Å². The van der Waals surface area contributed by atoms with Gasteiger partial charge in [-0.15, -0.1) is 0 Å². The van der Waals surface area contributed by atoms with Gasteiger partial charge in [0.1, 0.15) is 0 Å². The van der Waals surface area contributed by atoms with Gasteiger partial charge in [0, 0.05) is 36.3 Å². The summed E-state index contributed by atoms with van der Waals surface area (Å²) in [5.41, 5.74) is 5.00. The number of aromatic nitrogens is 3. The normalized spacial score (nSPS) is 12.7. The first-order valence-electron chi connectivity index (χ1n) is 8.93. The Hall–Kier alpha value is -2.43. The van der Waals surface area contributed by atoms with Crippen LogP contribution in [0.4, 0.5) is 0 Å². The maximum absolute atomic E-state index is 12.4. The zero-order valence-corrected chi connectivity index (χ0v) is 15.7. The number of carbonyl (C=O) groups is 1. The van der Waals surface area contributed by atoms with E-state index < -0.39 is 0 Å². The van der Waals surface area contributed by atoms with Crippen molar-refractivity contribution >= 4 is 22.5 Å². The highest BCUT2D eigenvalue weighted by molar-refractivity contribution is 5.92. The van der Waals surface area contributed by atoms with Crippen molar-refractivity contribution in [3.8, 4) is 0 Å². The number of nitrogens with zero attached hydrogens (tertiary/aromatic N) is 4. The third kappa shape index (κ3) is 3.11. The molecule has 5 heteroatoms.